The Balaban J connectivity index is 1.61. The third kappa shape index (κ3) is 3.47. The minimum absolute atomic E-state index is 0.118. The lowest BCUT2D eigenvalue weighted by Crippen LogP contribution is -2.10. The first-order chi connectivity index (χ1) is 10.2. The van der Waals surface area contributed by atoms with Crippen LogP contribution in [0.3, 0.4) is 0 Å². The first kappa shape index (κ1) is 14.6. The molecule has 1 heterocycles. The summed E-state index contributed by atoms with van der Waals surface area (Å²) in [7, 11) is 0. The molecule has 3 rings (SSSR count). The van der Waals surface area contributed by atoms with Crippen molar-refractivity contribution in [2.45, 2.75) is 31.7 Å². The second kappa shape index (κ2) is 6.63. The summed E-state index contributed by atoms with van der Waals surface area (Å²) in [6.45, 7) is 0.808. The minimum Gasteiger partial charge on any atom is -0.493 e. The Morgan fingerprint density at radius 2 is 2.00 bits per heavy atom. The number of hydrogen-bond donors (Lipinski definition) is 1. The van der Waals surface area contributed by atoms with Gasteiger partial charge in [-0.1, -0.05) is 46.3 Å². The van der Waals surface area contributed by atoms with E-state index in [2.05, 4.69) is 40.2 Å². The molecule has 3 heteroatoms. The van der Waals surface area contributed by atoms with Crippen molar-refractivity contribution in [2.75, 3.05) is 6.61 Å². The highest BCUT2D eigenvalue weighted by molar-refractivity contribution is 9.10. The molecule has 21 heavy (non-hydrogen) atoms. The molecule has 0 bridgehead atoms. The standard InChI is InChI=1S/C18H20BrNO/c19-16-11-14(18-15(12-16)9-10-21-18)7-4-8-17(20)13-5-2-1-3-6-13/h1-3,5-6,11-12,17H,4,7-10,20H2. The van der Waals surface area contributed by atoms with E-state index in [4.69, 9.17) is 10.5 Å². The molecule has 2 aromatic rings. The molecule has 0 saturated carbocycles. The zero-order valence-electron chi connectivity index (χ0n) is 12.0. The van der Waals surface area contributed by atoms with Gasteiger partial charge in [0.1, 0.15) is 5.75 Å². The van der Waals surface area contributed by atoms with Gasteiger partial charge in [-0.2, -0.15) is 0 Å². The van der Waals surface area contributed by atoms with Crippen molar-refractivity contribution < 1.29 is 4.74 Å². The van der Waals surface area contributed by atoms with Gasteiger partial charge in [-0.25, -0.2) is 0 Å². The van der Waals surface area contributed by atoms with Crippen LogP contribution in [0.4, 0.5) is 0 Å². The predicted molar refractivity (Wildman–Crippen MR) is 89.6 cm³/mol. The van der Waals surface area contributed by atoms with Crippen molar-refractivity contribution in [2.24, 2.45) is 5.73 Å². The number of rotatable bonds is 5. The van der Waals surface area contributed by atoms with Gasteiger partial charge in [-0.3, -0.25) is 0 Å². The van der Waals surface area contributed by atoms with E-state index in [1.807, 2.05) is 18.2 Å². The van der Waals surface area contributed by atoms with Crippen molar-refractivity contribution >= 4 is 15.9 Å². The minimum atomic E-state index is 0.118. The van der Waals surface area contributed by atoms with Gasteiger partial charge in [0.2, 0.25) is 0 Å². The molecule has 1 atom stereocenters. The number of nitrogens with two attached hydrogens (primary N) is 1. The molecule has 2 N–H and O–H groups in total. The van der Waals surface area contributed by atoms with Gasteiger partial charge in [0, 0.05) is 16.9 Å². The van der Waals surface area contributed by atoms with Crippen molar-refractivity contribution in [1.29, 1.82) is 0 Å². The van der Waals surface area contributed by atoms with Gasteiger partial charge in [-0.15, -0.1) is 0 Å². The third-order valence-electron chi connectivity index (χ3n) is 4.01. The molecule has 1 aliphatic rings. The topological polar surface area (TPSA) is 35.2 Å². The molecule has 0 amide bonds. The van der Waals surface area contributed by atoms with Crippen LogP contribution in [-0.2, 0) is 12.8 Å². The van der Waals surface area contributed by atoms with E-state index in [1.54, 1.807) is 0 Å². The van der Waals surface area contributed by atoms with Gasteiger partial charge in [0.15, 0.2) is 0 Å². The summed E-state index contributed by atoms with van der Waals surface area (Å²) >= 11 is 3.59. The molecular weight excluding hydrogens is 326 g/mol. The van der Waals surface area contributed by atoms with Crippen LogP contribution in [0.5, 0.6) is 5.75 Å². The summed E-state index contributed by atoms with van der Waals surface area (Å²) in [5.41, 5.74) is 10.1. The largest absolute Gasteiger partial charge is 0.493 e. The van der Waals surface area contributed by atoms with Crippen molar-refractivity contribution in [3.63, 3.8) is 0 Å². The zero-order chi connectivity index (χ0) is 14.7. The zero-order valence-corrected chi connectivity index (χ0v) is 13.6. The van der Waals surface area contributed by atoms with E-state index in [9.17, 15) is 0 Å². The van der Waals surface area contributed by atoms with E-state index < -0.39 is 0 Å². The Labute approximate surface area is 134 Å². The average molecular weight is 346 g/mol. The fraction of sp³-hybridized carbons (Fsp3) is 0.333. The summed E-state index contributed by atoms with van der Waals surface area (Å²) in [6.07, 6.45) is 4.10. The quantitative estimate of drug-likeness (QED) is 0.871. The van der Waals surface area contributed by atoms with E-state index >= 15 is 0 Å². The van der Waals surface area contributed by atoms with E-state index in [0.29, 0.717) is 0 Å². The highest BCUT2D eigenvalue weighted by atomic mass is 79.9. The molecule has 0 spiro atoms. The van der Waals surface area contributed by atoms with Crippen LogP contribution in [0.25, 0.3) is 0 Å². The Morgan fingerprint density at radius 3 is 2.81 bits per heavy atom. The maximum absolute atomic E-state index is 6.26. The van der Waals surface area contributed by atoms with E-state index in [-0.39, 0.29) is 6.04 Å². The molecule has 0 saturated heterocycles. The van der Waals surface area contributed by atoms with Crippen LogP contribution in [0.15, 0.2) is 46.9 Å². The maximum atomic E-state index is 6.26. The molecule has 0 radical (unpaired) electrons. The number of halogens is 1. The summed E-state index contributed by atoms with van der Waals surface area (Å²) < 4.78 is 6.92. The Bertz CT molecular complexity index is 612. The molecule has 0 aromatic heterocycles. The highest BCUT2D eigenvalue weighted by Gasteiger charge is 2.17. The second-order valence-electron chi connectivity index (χ2n) is 5.56. The molecule has 2 aromatic carbocycles. The van der Waals surface area contributed by atoms with Crippen LogP contribution in [-0.4, -0.2) is 6.61 Å². The first-order valence-corrected chi connectivity index (χ1v) is 8.28. The first-order valence-electron chi connectivity index (χ1n) is 7.48. The van der Waals surface area contributed by atoms with Gasteiger partial charge in [0.05, 0.1) is 6.61 Å². The van der Waals surface area contributed by atoms with Gasteiger partial charge >= 0.3 is 0 Å². The molecule has 0 aliphatic carbocycles. The predicted octanol–water partition coefficient (Wildman–Crippen LogP) is 4.41. The average Bonchev–Trinajstić information content (AvgIpc) is 2.96. The van der Waals surface area contributed by atoms with Gasteiger partial charge < -0.3 is 10.5 Å². The van der Waals surface area contributed by atoms with Crippen LogP contribution < -0.4 is 10.5 Å². The highest BCUT2D eigenvalue weighted by Crippen LogP contribution is 2.34. The number of fused-ring (bicyclic) bond motifs is 1. The van der Waals surface area contributed by atoms with Gasteiger partial charge in [0.25, 0.3) is 0 Å². The van der Waals surface area contributed by atoms with Crippen LogP contribution in [0.1, 0.15) is 35.6 Å². The third-order valence-corrected chi connectivity index (χ3v) is 4.47. The molecular formula is C18H20BrNO. The van der Waals surface area contributed by atoms with Crippen molar-refractivity contribution in [3.8, 4) is 5.75 Å². The summed E-state index contributed by atoms with van der Waals surface area (Å²) in [4.78, 5) is 0. The van der Waals surface area contributed by atoms with Crippen LogP contribution in [0, 0.1) is 0 Å². The fourth-order valence-corrected chi connectivity index (χ4v) is 3.46. The maximum Gasteiger partial charge on any atom is 0.125 e. The van der Waals surface area contributed by atoms with Gasteiger partial charge in [-0.05, 0) is 48.1 Å². The van der Waals surface area contributed by atoms with Crippen LogP contribution >= 0.6 is 15.9 Å². The number of benzene rings is 2. The van der Waals surface area contributed by atoms with E-state index in [1.165, 1.54) is 16.7 Å². The smallest absolute Gasteiger partial charge is 0.125 e. The lowest BCUT2D eigenvalue weighted by Gasteiger charge is -2.13. The molecule has 0 fully saturated rings. The molecule has 1 aliphatic heterocycles. The normalized spacial score (nSPS) is 14.6. The number of aryl methyl sites for hydroxylation is 1. The van der Waals surface area contributed by atoms with Crippen molar-refractivity contribution in [1.82, 2.24) is 0 Å². The van der Waals surface area contributed by atoms with Crippen molar-refractivity contribution in [3.05, 3.63) is 63.6 Å². The Hall–Kier alpha value is -1.32. The summed E-state index contributed by atoms with van der Waals surface area (Å²) in [6, 6.07) is 14.8. The second-order valence-corrected chi connectivity index (χ2v) is 6.48. The lowest BCUT2D eigenvalue weighted by atomic mass is 9.98. The Morgan fingerprint density at radius 1 is 1.19 bits per heavy atom. The fourth-order valence-electron chi connectivity index (χ4n) is 2.91. The molecule has 2 nitrogen and oxygen atoms in total. The summed E-state index contributed by atoms with van der Waals surface area (Å²) in [5.74, 6) is 1.10. The number of hydrogen-bond acceptors (Lipinski definition) is 2. The Kier molecular flexibility index (Phi) is 4.61. The van der Waals surface area contributed by atoms with Crippen LogP contribution in [0.2, 0.25) is 0 Å². The lowest BCUT2D eigenvalue weighted by molar-refractivity contribution is 0.353. The SMILES string of the molecule is NC(CCCc1cc(Br)cc2c1OCC2)c1ccccc1. The molecule has 110 valence electrons. The number of ether oxygens (including phenoxy) is 1. The molecule has 1 unspecified atom stereocenters. The summed E-state index contributed by atoms with van der Waals surface area (Å²) in [5, 5.41) is 0. The monoisotopic (exact) mass is 345 g/mol. The van der Waals surface area contributed by atoms with E-state index in [0.717, 1.165) is 42.5 Å².